The molecule has 0 amide bonds. The smallest absolute Gasteiger partial charge is 0.183 e. The van der Waals surface area contributed by atoms with Gasteiger partial charge >= 0.3 is 0 Å². The number of hydrogen-bond acceptors (Lipinski definition) is 3. The van der Waals surface area contributed by atoms with E-state index in [2.05, 4.69) is 15.9 Å². The molecule has 0 fully saturated rings. The first-order valence-electron chi connectivity index (χ1n) is 5.82. The molecular formula is C14H13BrFNO2S. The normalized spacial score (nSPS) is 11.6. The van der Waals surface area contributed by atoms with Gasteiger partial charge in [-0.1, -0.05) is 6.07 Å². The third kappa shape index (κ3) is 3.19. The van der Waals surface area contributed by atoms with E-state index in [0.29, 0.717) is 15.7 Å². The summed E-state index contributed by atoms with van der Waals surface area (Å²) in [7, 11) is -3.57. The predicted molar refractivity (Wildman–Crippen MR) is 80.6 cm³/mol. The van der Waals surface area contributed by atoms with E-state index >= 15 is 0 Å². The first kappa shape index (κ1) is 15.0. The zero-order valence-electron chi connectivity index (χ0n) is 10.7. The minimum atomic E-state index is -3.57. The Bertz CT molecular complexity index is 760. The Morgan fingerprint density at radius 2 is 1.90 bits per heavy atom. The fraction of sp³-hybridized carbons (Fsp3) is 0.143. The number of halogens is 2. The summed E-state index contributed by atoms with van der Waals surface area (Å²) in [5.74, 6) is -0.698. The van der Waals surface area contributed by atoms with Crippen molar-refractivity contribution in [3.05, 3.63) is 57.8 Å². The van der Waals surface area contributed by atoms with Gasteiger partial charge in [0.2, 0.25) is 0 Å². The lowest BCUT2D eigenvalue weighted by Crippen LogP contribution is -2.07. The van der Waals surface area contributed by atoms with Gasteiger partial charge in [0.05, 0.1) is 10.6 Å². The first-order valence-corrected chi connectivity index (χ1v) is 8.27. The van der Waals surface area contributed by atoms with Gasteiger partial charge in [-0.25, -0.2) is 12.8 Å². The molecule has 0 aliphatic rings. The highest BCUT2D eigenvalue weighted by atomic mass is 79.9. The van der Waals surface area contributed by atoms with E-state index in [1.807, 2.05) is 0 Å². The Balaban J connectivity index is 2.43. The van der Waals surface area contributed by atoms with Crippen molar-refractivity contribution in [1.82, 2.24) is 0 Å². The Morgan fingerprint density at radius 3 is 2.55 bits per heavy atom. The Hall–Kier alpha value is -1.40. The topological polar surface area (TPSA) is 60.2 Å². The molecule has 0 saturated carbocycles. The number of nitrogens with two attached hydrogens (primary N) is 1. The molecule has 2 aromatic rings. The summed E-state index contributed by atoms with van der Waals surface area (Å²) in [6, 6.07) is 8.63. The van der Waals surface area contributed by atoms with E-state index in [0.717, 1.165) is 5.56 Å². The van der Waals surface area contributed by atoms with Crippen LogP contribution in [0.5, 0.6) is 0 Å². The Kier molecular flexibility index (Phi) is 4.15. The SMILES string of the molecule is Cc1ccc(F)cc1CS(=O)(=O)c1ccc(N)cc1Br. The summed E-state index contributed by atoms with van der Waals surface area (Å²) in [5, 5.41) is 0. The van der Waals surface area contributed by atoms with Crippen LogP contribution in [-0.4, -0.2) is 8.42 Å². The lowest BCUT2D eigenvalue weighted by Gasteiger charge is -2.09. The fourth-order valence-electron chi connectivity index (χ4n) is 1.85. The molecule has 0 bridgehead atoms. The van der Waals surface area contributed by atoms with Crippen molar-refractivity contribution in [1.29, 1.82) is 0 Å². The van der Waals surface area contributed by atoms with Crippen LogP contribution in [0, 0.1) is 12.7 Å². The summed E-state index contributed by atoms with van der Waals surface area (Å²) in [6.07, 6.45) is 0. The summed E-state index contributed by atoms with van der Waals surface area (Å²) in [6.45, 7) is 1.75. The highest BCUT2D eigenvalue weighted by molar-refractivity contribution is 9.10. The molecule has 2 rings (SSSR count). The number of sulfone groups is 1. The highest BCUT2D eigenvalue weighted by Crippen LogP contribution is 2.27. The molecule has 0 aliphatic carbocycles. The predicted octanol–water partition coefficient (Wildman–Crippen LogP) is 3.45. The quantitative estimate of drug-likeness (QED) is 0.855. The second kappa shape index (κ2) is 5.54. The van der Waals surface area contributed by atoms with Crippen LogP contribution in [0.3, 0.4) is 0 Å². The van der Waals surface area contributed by atoms with Gasteiger partial charge in [-0.05, 0) is 64.3 Å². The summed E-state index contributed by atoms with van der Waals surface area (Å²) < 4.78 is 38.5. The zero-order valence-corrected chi connectivity index (χ0v) is 13.1. The van der Waals surface area contributed by atoms with Crippen molar-refractivity contribution in [3.63, 3.8) is 0 Å². The van der Waals surface area contributed by atoms with Crippen molar-refractivity contribution in [2.45, 2.75) is 17.6 Å². The molecule has 0 radical (unpaired) electrons. The van der Waals surface area contributed by atoms with Crippen LogP contribution in [0.25, 0.3) is 0 Å². The second-order valence-electron chi connectivity index (χ2n) is 4.52. The average molecular weight is 358 g/mol. The van der Waals surface area contributed by atoms with Gasteiger partial charge in [0.1, 0.15) is 5.82 Å². The van der Waals surface area contributed by atoms with E-state index in [9.17, 15) is 12.8 Å². The molecule has 0 spiro atoms. The minimum absolute atomic E-state index is 0.148. The van der Waals surface area contributed by atoms with Crippen LogP contribution in [0.15, 0.2) is 45.8 Å². The van der Waals surface area contributed by atoms with E-state index in [-0.39, 0.29) is 10.6 Å². The molecule has 0 saturated heterocycles. The van der Waals surface area contributed by atoms with Crippen LogP contribution >= 0.6 is 15.9 Å². The van der Waals surface area contributed by atoms with Crippen LogP contribution in [0.2, 0.25) is 0 Å². The number of hydrogen-bond donors (Lipinski definition) is 1. The number of nitrogen functional groups attached to an aromatic ring is 1. The van der Waals surface area contributed by atoms with Gasteiger partial charge in [0.25, 0.3) is 0 Å². The van der Waals surface area contributed by atoms with Crippen LogP contribution in [-0.2, 0) is 15.6 Å². The van der Waals surface area contributed by atoms with Crippen molar-refractivity contribution in [2.24, 2.45) is 0 Å². The summed E-state index contributed by atoms with van der Waals surface area (Å²) in [4.78, 5) is 0.148. The largest absolute Gasteiger partial charge is 0.399 e. The van der Waals surface area contributed by atoms with Gasteiger partial charge in [-0.3, -0.25) is 0 Å². The van der Waals surface area contributed by atoms with Crippen molar-refractivity contribution >= 4 is 31.5 Å². The molecule has 6 heteroatoms. The fourth-order valence-corrected chi connectivity index (χ4v) is 4.49. The molecule has 3 nitrogen and oxygen atoms in total. The molecule has 0 atom stereocenters. The van der Waals surface area contributed by atoms with E-state index < -0.39 is 15.7 Å². The molecule has 0 aliphatic heterocycles. The van der Waals surface area contributed by atoms with E-state index in [1.54, 1.807) is 13.0 Å². The maximum atomic E-state index is 13.2. The van der Waals surface area contributed by atoms with Gasteiger partial charge in [0, 0.05) is 10.2 Å². The lowest BCUT2D eigenvalue weighted by molar-refractivity contribution is 0.594. The van der Waals surface area contributed by atoms with Gasteiger partial charge < -0.3 is 5.73 Å². The maximum Gasteiger partial charge on any atom is 0.183 e. The van der Waals surface area contributed by atoms with Crippen molar-refractivity contribution in [3.8, 4) is 0 Å². The number of aryl methyl sites for hydroxylation is 1. The Morgan fingerprint density at radius 1 is 1.20 bits per heavy atom. The molecule has 106 valence electrons. The van der Waals surface area contributed by atoms with Crippen LogP contribution in [0.1, 0.15) is 11.1 Å². The third-order valence-electron chi connectivity index (χ3n) is 2.95. The van der Waals surface area contributed by atoms with E-state index in [1.165, 1.54) is 30.3 Å². The zero-order chi connectivity index (χ0) is 14.9. The standard InChI is InChI=1S/C14H13BrFNO2S/c1-9-2-3-11(16)6-10(9)8-20(18,19)14-5-4-12(17)7-13(14)15/h2-7H,8,17H2,1H3. The highest BCUT2D eigenvalue weighted by Gasteiger charge is 2.20. The van der Waals surface area contributed by atoms with Gasteiger partial charge in [-0.15, -0.1) is 0 Å². The van der Waals surface area contributed by atoms with Gasteiger partial charge in [-0.2, -0.15) is 0 Å². The summed E-state index contributed by atoms with van der Waals surface area (Å²) in [5.41, 5.74) is 7.25. The molecule has 0 aromatic heterocycles. The van der Waals surface area contributed by atoms with Crippen molar-refractivity contribution < 1.29 is 12.8 Å². The van der Waals surface area contributed by atoms with Gasteiger partial charge in [0.15, 0.2) is 9.84 Å². The first-order chi connectivity index (χ1) is 9.29. The number of benzene rings is 2. The third-order valence-corrected chi connectivity index (χ3v) is 5.58. The number of anilines is 1. The molecule has 2 N–H and O–H groups in total. The molecule has 0 heterocycles. The van der Waals surface area contributed by atoms with Crippen LogP contribution in [0.4, 0.5) is 10.1 Å². The molecule has 2 aromatic carbocycles. The monoisotopic (exact) mass is 357 g/mol. The van der Waals surface area contributed by atoms with E-state index in [4.69, 9.17) is 5.73 Å². The maximum absolute atomic E-state index is 13.2. The number of rotatable bonds is 3. The lowest BCUT2D eigenvalue weighted by atomic mass is 10.1. The Labute approximate surface area is 125 Å². The molecule has 20 heavy (non-hydrogen) atoms. The van der Waals surface area contributed by atoms with Crippen LogP contribution < -0.4 is 5.73 Å². The minimum Gasteiger partial charge on any atom is -0.399 e. The second-order valence-corrected chi connectivity index (χ2v) is 7.33. The molecular weight excluding hydrogens is 345 g/mol. The average Bonchev–Trinajstić information content (AvgIpc) is 2.33. The van der Waals surface area contributed by atoms with Crippen molar-refractivity contribution in [2.75, 3.05) is 5.73 Å². The summed E-state index contributed by atoms with van der Waals surface area (Å²) >= 11 is 3.20. The molecule has 0 unspecified atom stereocenters.